The fourth-order valence-electron chi connectivity index (χ4n) is 5.09. The number of urea groups is 1. The summed E-state index contributed by atoms with van der Waals surface area (Å²) in [5.41, 5.74) is 2.70. The molecule has 1 saturated heterocycles. The van der Waals surface area contributed by atoms with Crippen LogP contribution in [-0.2, 0) is 4.74 Å². The molecule has 1 aliphatic heterocycles. The Balaban J connectivity index is 1.47. The van der Waals surface area contributed by atoms with E-state index in [1.807, 2.05) is 60.7 Å². The van der Waals surface area contributed by atoms with E-state index in [1.165, 1.54) is 12.1 Å². The van der Waals surface area contributed by atoms with Crippen LogP contribution in [0, 0.1) is 12.4 Å². The Bertz CT molecular complexity index is 1490. The number of likely N-dealkylation sites (tertiary alicyclic amines) is 1. The molecule has 0 spiro atoms. The summed E-state index contributed by atoms with van der Waals surface area (Å²) in [5, 5.41) is 7.57. The van der Waals surface area contributed by atoms with E-state index < -0.39 is 0 Å². The van der Waals surface area contributed by atoms with Crippen LogP contribution in [-0.4, -0.2) is 55.3 Å². The molecule has 7 nitrogen and oxygen atoms in total. The number of nitrogens with one attached hydrogen (secondary N) is 2. The lowest BCUT2D eigenvalue weighted by Gasteiger charge is -2.21. The SMILES string of the molecule is [C-]#[N+]c1nc(-c2ccccc2)c(NC(=O)N[C@@H]2CN(CCOC)C[C@H]2c2cccc(F)c2)c2ccccc12. The minimum atomic E-state index is -0.385. The van der Waals surface area contributed by atoms with E-state index in [4.69, 9.17) is 11.3 Å². The van der Waals surface area contributed by atoms with Gasteiger partial charge in [-0.2, -0.15) is 0 Å². The number of methoxy groups -OCH3 is 1. The van der Waals surface area contributed by atoms with E-state index in [2.05, 4.69) is 25.4 Å². The quantitative estimate of drug-likeness (QED) is 0.308. The fraction of sp³-hybridized carbons (Fsp3) is 0.233. The van der Waals surface area contributed by atoms with E-state index in [9.17, 15) is 9.18 Å². The highest BCUT2D eigenvalue weighted by molar-refractivity contribution is 6.10. The number of hydrogen-bond donors (Lipinski definition) is 2. The van der Waals surface area contributed by atoms with Crippen LogP contribution < -0.4 is 10.6 Å². The van der Waals surface area contributed by atoms with Gasteiger partial charge < -0.3 is 20.2 Å². The van der Waals surface area contributed by atoms with Crippen molar-refractivity contribution in [1.82, 2.24) is 15.2 Å². The van der Waals surface area contributed by atoms with E-state index in [1.54, 1.807) is 13.2 Å². The molecule has 0 saturated carbocycles. The number of pyridine rings is 1. The maximum absolute atomic E-state index is 14.1. The summed E-state index contributed by atoms with van der Waals surface area (Å²) in [7, 11) is 1.66. The average Bonchev–Trinajstić information content (AvgIpc) is 3.34. The van der Waals surface area contributed by atoms with Crippen LogP contribution in [0.2, 0.25) is 0 Å². The molecule has 2 atom stereocenters. The van der Waals surface area contributed by atoms with Crippen LogP contribution >= 0.6 is 0 Å². The molecule has 4 aromatic rings. The number of amides is 2. The predicted molar refractivity (Wildman–Crippen MR) is 147 cm³/mol. The van der Waals surface area contributed by atoms with Crippen molar-refractivity contribution < 1.29 is 13.9 Å². The Kier molecular flexibility index (Phi) is 7.59. The molecule has 0 aliphatic carbocycles. The largest absolute Gasteiger partial charge is 0.383 e. The summed E-state index contributed by atoms with van der Waals surface area (Å²) >= 11 is 0. The van der Waals surface area contributed by atoms with Gasteiger partial charge in [0.25, 0.3) is 5.82 Å². The molecule has 1 aromatic heterocycles. The minimum Gasteiger partial charge on any atom is -0.383 e. The van der Waals surface area contributed by atoms with Gasteiger partial charge in [0.1, 0.15) is 5.82 Å². The second kappa shape index (κ2) is 11.4. The van der Waals surface area contributed by atoms with Crippen molar-refractivity contribution in [2.45, 2.75) is 12.0 Å². The lowest BCUT2D eigenvalue weighted by Crippen LogP contribution is -2.42. The van der Waals surface area contributed by atoms with Crippen LogP contribution in [0.3, 0.4) is 0 Å². The maximum Gasteiger partial charge on any atom is 0.319 e. The lowest BCUT2D eigenvalue weighted by atomic mass is 9.94. The number of ether oxygens (including phenoxy) is 1. The first kappa shape index (κ1) is 25.3. The van der Waals surface area contributed by atoms with E-state index in [0.717, 1.165) is 16.5 Å². The van der Waals surface area contributed by atoms with Gasteiger partial charge in [-0.1, -0.05) is 73.3 Å². The third-order valence-electron chi connectivity index (χ3n) is 6.88. The van der Waals surface area contributed by atoms with E-state index >= 15 is 0 Å². The number of benzene rings is 3. The summed E-state index contributed by atoms with van der Waals surface area (Å²) in [5.74, 6) is -0.103. The number of nitrogens with zero attached hydrogens (tertiary/aromatic N) is 3. The summed E-state index contributed by atoms with van der Waals surface area (Å²) in [6, 6.07) is 22.9. The highest BCUT2D eigenvalue weighted by Gasteiger charge is 2.35. The molecule has 8 heteroatoms. The van der Waals surface area contributed by atoms with Crippen LogP contribution in [0.15, 0.2) is 78.9 Å². The van der Waals surface area contributed by atoms with Gasteiger partial charge in [0.15, 0.2) is 5.69 Å². The van der Waals surface area contributed by atoms with Gasteiger partial charge in [0, 0.05) is 49.0 Å². The molecule has 1 fully saturated rings. The zero-order chi connectivity index (χ0) is 26.5. The molecule has 192 valence electrons. The monoisotopic (exact) mass is 509 g/mol. The van der Waals surface area contributed by atoms with Crippen molar-refractivity contribution in [1.29, 1.82) is 0 Å². The van der Waals surface area contributed by atoms with E-state index in [0.29, 0.717) is 43.0 Å². The van der Waals surface area contributed by atoms with Crippen molar-refractivity contribution in [3.8, 4) is 11.3 Å². The maximum atomic E-state index is 14.1. The first-order valence-corrected chi connectivity index (χ1v) is 12.5. The van der Waals surface area contributed by atoms with Gasteiger partial charge >= 0.3 is 6.03 Å². The van der Waals surface area contributed by atoms with Gasteiger partial charge in [-0.15, -0.1) is 4.98 Å². The number of anilines is 1. The lowest BCUT2D eigenvalue weighted by molar-refractivity contribution is 0.159. The van der Waals surface area contributed by atoms with Gasteiger partial charge in [0.2, 0.25) is 0 Å². The molecule has 2 amide bonds. The number of carbonyl (C=O) groups excluding carboxylic acids is 1. The normalized spacial score (nSPS) is 17.3. The molecule has 0 bridgehead atoms. The molecule has 3 aromatic carbocycles. The molecular weight excluding hydrogens is 481 g/mol. The summed E-state index contributed by atoms with van der Waals surface area (Å²) in [4.78, 5) is 24.0. The van der Waals surface area contributed by atoms with Crippen molar-refractivity contribution in [2.24, 2.45) is 0 Å². The zero-order valence-electron chi connectivity index (χ0n) is 21.0. The fourth-order valence-corrected chi connectivity index (χ4v) is 5.09. The highest BCUT2D eigenvalue weighted by atomic mass is 19.1. The van der Waals surface area contributed by atoms with Gasteiger partial charge in [-0.3, -0.25) is 4.90 Å². The molecule has 2 heterocycles. The van der Waals surface area contributed by atoms with Crippen molar-refractivity contribution >= 4 is 28.3 Å². The Morgan fingerprint density at radius 3 is 2.58 bits per heavy atom. The molecular formula is C30H28FN5O2. The highest BCUT2D eigenvalue weighted by Crippen LogP contribution is 2.38. The van der Waals surface area contributed by atoms with Gasteiger partial charge in [-0.25, -0.2) is 9.18 Å². The topological polar surface area (TPSA) is 70.9 Å². The molecule has 0 unspecified atom stereocenters. The number of rotatable bonds is 7. The Hall–Kier alpha value is -4.32. The first-order chi connectivity index (χ1) is 18.6. The number of fused-ring (bicyclic) bond motifs is 1. The number of halogens is 1. The number of carbonyl (C=O) groups is 1. The average molecular weight is 510 g/mol. The smallest absolute Gasteiger partial charge is 0.319 e. The third-order valence-corrected chi connectivity index (χ3v) is 6.88. The second-order valence-corrected chi connectivity index (χ2v) is 9.30. The van der Waals surface area contributed by atoms with Crippen LogP contribution in [0.1, 0.15) is 11.5 Å². The molecule has 0 radical (unpaired) electrons. The van der Waals surface area contributed by atoms with E-state index in [-0.39, 0.29) is 29.6 Å². The van der Waals surface area contributed by atoms with Crippen molar-refractivity contribution in [3.63, 3.8) is 0 Å². The second-order valence-electron chi connectivity index (χ2n) is 9.30. The van der Waals surface area contributed by atoms with Crippen LogP contribution in [0.4, 0.5) is 20.7 Å². The molecule has 2 N–H and O–H groups in total. The summed E-state index contributed by atoms with van der Waals surface area (Å²) < 4.78 is 19.3. The number of hydrogen-bond acceptors (Lipinski definition) is 4. The Morgan fingerprint density at radius 1 is 1.08 bits per heavy atom. The van der Waals surface area contributed by atoms with Crippen LogP contribution in [0.5, 0.6) is 0 Å². The number of aromatic nitrogens is 1. The third kappa shape index (κ3) is 5.35. The minimum absolute atomic E-state index is 0.0822. The Labute approximate surface area is 221 Å². The van der Waals surface area contributed by atoms with Crippen LogP contribution in [0.25, 0.3) is 26.9 Å². The molecule has 5 rings (SSSR count). The first-order valence-electron chi connectivity index (χ1n) is 12.5. The van der Waals surface area contributed by atoms with Gasteiger partial charge in [0.05, 0.1) is 18.3 Å². The Morgan fingerprint density at radius 2 is 1.84 bits per heavy atom. The standard InChI is InChI=1S/C30H28FN5O2/c1-32-29-24-14-7-6-13-23(24)28(27(34-29)20-9-4-3-5-10-20)35-30(37)33-26-19-36(15-16-38-2)18-25(26)21-11-8-12-22(31)17-21/h3-14,17,25-26H,15-16,18-19H2,2H3,(H2,33,35,37)/t25-,26+/m0/s1. The summed E-state index contributed by atoms with van der Waals surface area (Å²) in [6.45, 7) is 10.2. The van der Waals surface area contributed by atoms with Crippen molar-refractivity contribution in [3.05, 3.63) is 102 Å². The van der Waals surface area contributed by atoms with Gasteiger partial charge in [-0.05, 0) is 17.7 Å². The summed E-state index contributed by atoms with van der Waals surface area (Å²) in [6.07, 6.45) is 0. The molecule has 38 heavy (non-hydrogen) atoms. The van der Waals surface area contributed by atoms with Crippen molar-refractivity contribution in [2.75, 3.05) is 38.7 Å². The molecule has 1 aliphatic rings. The zero-order valence-corrected chi connectivity index (χ0v) is 21.0. The predicted octanol–water partition coefficient (Wildman–Crippen LogP) is 5.83.